The minimum atomic E-state index is 0.546. The maximum absolute atomic E-state index is 11.0. The van der Waals surface area contributed by atoms with E-state index in [0.717, 1.165) is 58.8 Å². The number of likely N-dealkylation sites (N-methyl/N-ethyl adjacent to an activating group) is 3. The van der Waals surface area contributed by atoms with E-state index in [1.165, 1.54) is 40.8 Å². The molecule has 0 unspecified atom stereocenters. The lowest BCUT2D eigenvalue weighted by Gasteiger charge is -2.22. The third-order valence-corrected chi connectivity index (χ3v) is 6.88. The Morgan fingerprint density at radius 3 is 2.41 bits per heavy atom. The molecule has 3 rings (SSSR count). The van der Waals surface area contributed by atoms with E-state index >= 15 is 0 Å². The standard InChI is InChI=1S/C28H43N5O/c1-5-30(2)15-16-32(4)21-24-7-10-26(11-8-24)28-12-9-25(19-27(28)20-29-23-34)22-33-14-6-13-31(3)17-18-33/h7-12,19,23H,5-6,13-18,20-22H2,1-4H3,(H,29,34). The first-order valence-corrected chi connectivity index (χ1v) is 12.6. The number of hydrogen-bond donors (Lipinski definition) is 1. The second kappa shape index (κ2) is 13.6. The van der Waals surface area contributed by atoms with Crippen LogP contribution in [0.25, 0.3) is 11.1 Å². The molecule has 6 nitrogen and oxygen atoms in total. The van der Waals surface area contributed by atoms with Crippen LogP contribution in [0, 0.1) is 0 Å². The number of amides is 1. The highest BCUT2D eigenvalue weighted by Gasteiger charge is 2.14. The smallest absolute Gasteiger partial charge is 0.207 e. The molecule has 2 aromatic carbocycles. The zero-order valence-corrected chi connectivity index (χ0v) is 21.6. The number of rotatable bonds is 12. The number of nitrogens with one attached hydrogen (secondary N) is 1. The Bertz CT molecular complexity index is 885. The largest absolute Gasteiger partial charge is 0.355 e. The SMILES string of the molecule is CCN(C)CCN(C)Cc1ccc(-c2ccc(CN3CCCN(C)CC3)cc2CNC=O)cc1. The highest BCUT2D eigenvalue weighted by atomic mass is 16.1. The quantitative estimate of drug-likeness (QED) is 0.488. The number of nitrogens with zero attached hydrogens (tertiary/aromatic N) is 4. The van der Waals surface area contributed by atoms with Crippen LogP contribution in [0.15, 0.2) is 42.5 Å². The Morgan fingerprint density at radius 1 is 0.941 bits per heavy atom. The fraction of sp³-hybridized carbons (Fsp3) is 0.536. The van der Waals surface area contributed by atoms with E-state index < -0.39 is 0 Å². The second-order valence-electron chi connectivity index (χ2n) is 9.75. The van der Waals surface area contributed by atoms with Crippen LogP contribution >= 0.6 is 0 Å². The molecule has 0 radical (unpaired) electrons. The third-order valence-electron chi connectivity index (χ3n) is 6.88. The molecule has 186 valence electrons. The van der Waals surface area contributed by atoms with Gasteiger partial charge in [0.2, 0.25) is 6.41 Å². The van der Waals surface area contributed by atoms with Crippen molar-refractivity contribution in [3.63, 3.8) is 0 Å². The molecule has 1 aliphatic rings. The fourth-order valence-electron chi connectivity index (χ4n) is 4.52. The molecule has 6 heteroatoms. The second-order valence-corrected chi connectivity index (χ2v) is 9.75. The molecule has 0 bridgehead atoms. The van der Waals surface area contributed by atoms with Gasteiger partial charge in [-0.05, 0) is 75.0 Å². The summed E-state index contributed by atoms with van der Waals surface area (Å²) in [6.45, 7) is 12.4. The Labute approximate surface area is 206 Å². The van der Waals surface area contributed by atoms with Gasteiger partial charge in [-0.25, -0.2) is 0 Å². The predicted molar refractivity (Wildman–Crippen MR) is 142 cm³/mol. The normalized spacial score (nSPS) is 15.6. The summed E-state index contributed by atoms with van der Waals surface area (Å²) in [6, 6.07) is 15.6. The van der Waals surface area contributed by atoms with Crippen LogP contribution < -0.4 is 5.32 Å². The van der Waals surface area contributed by atoms with E-state index in [9.17, 15) is 4.79 Å². The van der Waals surface area contributed by atoms with E-state index in [1.54, 1.807) is 0 Å². The molecular formula is C28H43N5O. The van der Waals surface area contributed by atoms with Crippen LogP contribution in [-0.4, -0.2) is 93.0 Å². The highest BCUT2D eigenvalue weighted by Crippen LogP contribution is 2.26. The summed E-state index contributed by atoms with van der Waals surface area (Å²) in [7, 11) is 6.55. The van der Waals surface area contributed by atoms with Crippen LogP contribution in [-0.2, 0) is 24.4 Å². The molecule has 1 N–H and O–H groups in total. The monoisotopic (exact) mass is 465 g/mol. The average Bonchev–Trinajstić information content (AvgIpc) is 3.05. The zero-order valence-electron chi connectivity index (χ0n) is 21.6. The Morgan fingerprint density at radius 2 is 1.68 bits per heavy atom. The van der Waals surface area contributed by atoms with Gasteiger partial charge in [0.15, 0.2) is 0 Å². The van der Waals surface area contributed by atoms with Crippen molar-refractivity contribution in [2.24, 2.45) is 0 Å². The summed E-state index contributed by atoms with van der Waals surface area (Å²) in [5.41, 5.74) is 6.19. The van der Waals surface area contributed by atoms with E-state index in [1.807, 2.05) is 0 Å². The highest BCUT2D eigenvalue weighted by molar-refractivity contribution is 5.68. The molecule has 0 atom stereocenters. The van der Waals surface area contributed by atoms with E-state index in [4.69, 9.17) is 0 Å². The Kier molecular flexibility index (Phi) is 10.5. The molecule has 0 spiro atoms. The van der Waals surface area contributed by atoms with Crippen LogP contribution in [0.3, 0.4) is 0 Å². The van der Waals surface area contributed by atoms with Crippen molar-refractivity contribution in [2.75, 3.05) is 67.0 Å². The average molecular weight is 466 g/mol. The lowest BCUT2D eigenvalue weighted by Crippen LogP contribution is -2.30. The number of benzene rings is 2. The fourth-order valence-corrected chi connectivity index (χ4v) is 4.52. The molecule has 2 aromatic rings. The molecule has 0 aliphatic carbocycles. The number of carbonyl (C=O) groups is 1. The van der Waals surface area contributed by atoms with Gasteiger partial charge in [0.1, 0.15) is 0 Å². The van der Waals surface area contributed by atoms with Crippen LogP contribution in [0.1, 0.15) is 30.0 Å². The van der Waals surface area contributed by atoms with Crippen molar-refractivity contribution in [1.29, 1.82) is 0 Å². The van der Waals surface area contributed by atoms with Crippen molar-refractivity contribution >= 4 is 6.41 Å². The maximum atomic E-state index is 11.0. The Hall–Kier alpha value is -2.25. The molecule has 1 saturated heterocycles. The summed E-state index contributed by atoms with van der Waals surface area (Å²) in [5.74, 6) is 0. The van der Waals surface area contributed by atoms with Gasteiger partial charge in [-0.15, -0.1) is 0 Å². The van der Waals surface area contributed by atoms with E-state index in [2.05, 4.69) is 95.4 Å². The third kappa shape index (κ3) is 8.20. The summed E-state index contributed by atoms with van der Waals surface area (Å²) in [4.78, 5) is 20.7. The van der Waals surface area contributed by atoms with E-state index in [-0.39, 0.29) is 0 Å². The first kappa shape index (κ1) is 26.4. The first-order chi connectivity index (χ1) is 16.5. The molecule has 1 aliphatic heterocycles. The predicted octanol–water partition coefficient (Wildman–Crippen LogP) is 3.12. The summed E-state index contributed by atoms with van der Waals surface area (Å²) < 4.78 is 0. The van der Waals surface area contributed by atoms with Gasteiger partial charge in [-0.1, -0.05) is 49.4 Å². The van der Waals surface area contributed by atoms with Gasteiger partial charge in [-0.3, -0.25) is 9.69 Å². The molecule has 0 saturated carbocycles. The van der Waals surface area contributed by atoms with Crippen molar-refractivity contribution in [3.05, 3.63) is 59.2 Å². The van der Waals surface area contributed by atoms with Crippen molar-refractivity contribution in [1.82, 2.24) is 24.9 Å². The van der Waals surface area contributed by atoms with Crippen molar-refractivity contribution in [2.45, 2.75) is 33.0 Å². The van der Waals surface area contributed by atoms with Gasteiger partial charge in [0.25, 0.3) is 0 Å². The molecular weight excluding hydrogens is 422 g/mol. The molecule has 1 fully saturated rings. The molecule has 34 heavy (non-hydrogen) atoms. The number of carbonyl (C=O) groups excluding carboxylic acids is 1. The van der Waals surface area contributed by atoms with Crippen LogP contribution in [0.4, 0.5) is 0 Å². The Balaban J connectivity index is 1.69. The van der Waals surface area contributed by atoms with E-state index in [0.29, 0.717) is 6.54 Å². The van der Waals surface area contributed by atoms with Gasteiger partial charge in [0.05, 0.1) is 0 Å². The zero-order chi connectivity index (χ0) is 24.3. The minimum absolute atomic E-state index is 0.546. The maximum Gasteiger partial charge on any atom is 0.207 e. The molecule has 1 amide bonds. The lowest BCUT2D eigenvalue weighted by atomic mass is 9.96. The summed E-state index contributed by atoms with van der Waals surface area (Å²) in [5, 5.41) is 2.88. The van der Waals surface area contributed by atoms with Crippen LogP contribution in [0.2, 0.25) is 0 Å². The van der Waals surface area contributed by atoms with Gasteiger partial charge < -0.3 is 20.0 Å². The summed E-state index contributed by atoms with van der Waals surface area (Å²) >= 11 is 0. The van der Waals surface area contributed by atoms with Crippen molar-refractivity contribution in [3.8, 4) is 11.1 Å². The molecule has 0 aromatic heterocycles. The van der Waals surface area contributed by atoms with Crippen molar-refractivity contribution < 1.29 is 4.79 Å². The molecule has 1 heterocycles. The summed E-state index contributed by atoms with van der Waals surface area (Å²) in [6.07, 6.45) is 2.00. The van der Waals surface area contributed by atoms with Gasteiger partial charge in [0, 0.05) is 45.8 Å². The lowest BCUT2D eigenvalue weighted by molar-refractivity contribution is -0.109. The minimum Gasteiger partial charge on any atom is -0.355 e. The number of hydrogen-bond acceptors (Lipinski definition) is 5. The van der Waals surface area contributed by atoms with Crippen LogP contribution in [0.5, 0.6) is 0 Å². The van der Waals surface area contributed by atoms with Gasteiger partial charge >= 0.3 is 0 Å². The topological polar surface area (TPSA) is 42.1 Å². The van der Waals surface area contributed by atoms with Gasteiger partial charge in [-0.2, -0.15) is 0 Å². The first-order valence-electron chi connectivity index (χ1n) is 12.6.